The van der Waals surface area contributed by atoms with Gasteiger partial charge in [0.2, 0.25) is 0 Å². The number of nitrogens with two attached hydrogens (primary N) is 1. The van der Waals surface area contributed by atoms with Crippen LogP contribution in [0, 0.1) is 0 Å². The van der Waals surface area contributed by atoms with E-state index in [0.717, 1.165) is 72.1 Å². The second kappa shape index (κ2) is 9.79. The van der Waals surface area contributed by atoms with Gasteiger partial charge >= 0.3 is 0 Å². The largest absolute Gasteiger partial charge is 0.381 e. The summed E-state index contributed by atoms with van der Waals surface area (Å²) in [6.07, 6.45) is 10.5. The first-order valence-electron chi connectivity index (χ1n) is 11.6. The van der Waals surface area contributed by atoms with Crippen LogP contribution in [0.3, 0.4) is 0 Å². The molecular formula is C25H35N5O. The molecule has 6 nitrogen and oxygen atoms in total. The maximum Gasteiger partial charge on any atom is 0.139 e. The minimum Gasteiger partial charge on any atom is -0.381 e. The van der Waals surface area contributed by atoms with Gasteiger partial charge in [-0.3, -0.25) is 4.98 Å². The van der Waals surface area contributed by atoms with Crippen molar-refractivity contribution < 1.29 is 4.74 Å². The van der Waals surface area contributed by atoms with Gasteiger partial charge in [0.25, 0.3) is 0 Å². The summed E-state index contributed by atoms with van der Waals surface area (Å²) in [6.45, 7) is 6.86. The molecule has 3 aromatic heterocycles. The summed E-state index contributed by atoms with van der Waals surface area (Å²) in [5.74, 6) is 0. The fraction of sp³-hybridized carbons (Fsp3) is 0.520. The number of pyridine rings is 2. The number of aryl methyl sites for hydroxylation is 1. The van der Waals surface area contributed by atoms with Gasteiger partial charge in [0.05, 0.1) is 24.1 Å². The summed E-state index contributed by atoms with van der Waals surface area (Å²) in [6, 6.07) is 7.17. The highest BCUT2D eigenvalue weighted by Crippen LogP contribution is 2.35. The zero-order valence-corrected chi connectivity index (χ0v) is 18.9. The van der Waals surface area contributed by atoms with Crippen molar-refractivity contribution >= 4 is 16.7 Å². The van der Waals surface area contributed by atoms with Gasteiger partial charge < -0.3 is 20.8 Å². The predicted molar refractivity (Wildman–Crippen MR) is 127 cm³/mol. The summed E-state index contributed by atoms with van der Waals surface area (Å²) in [5, 5.41) is 4.98. The molecule has 31 heavy (non-hydrogen) atoms. The lowest BCUT2D eigenvalue weighted by Gasteiger charge is -2.28. The van der Waals surface area contributed by atoms with E-state index in [0.29, 0.717) is 18.7 Å². The van der Waals surface area contributed by atoms with Crippen molar-refractivity contribution in [2.45, 2.75) is 84.1 Å². The molecule has 0 saturated heterocycles. The number of fused-ring (bicyclic) bond motifs is 1. The Balaban J connectivity index is 1.68. The molecule has 1 aliphatic rings. The van der Waals surface area contributed by atoms with E-state index >= 15 is 0 Å². The van der Waals surface area contributed by atoms with Crippen molar-refractivity contribution in [3.05, 3.63) is 41.9 Å². The molecule has 0 amide bonds. The number of hydrogen-bond acceptors (Lipinski definition) is 5. The minimum absolute atomic E-state index is 0.205. The molecule has 3 heterocycles. The zero-order valence-electron chi connectivity index (χ0n) is 18.9. The zero-order chi connectivity index (χ0) is 21.8. The summed E-state index contributed by atoms with van der Waals surface area (Å²) in [4.78, 5) is 13.0. The molecular weight excluding hydrogens is 386 g/mol. The molecule has 0 bridgehead atoms. The lowest BCUT2D eigenvalue weighted by atomic mass is 9.91. The third kappa shape index (κ3) is 5.25. The van der Waals surface area contributed by atoms with Crippen molar-refractivity contribution in [3.63, 3.8) is 0 Å². The number of ether oxygens (including phenoxy) is 1. The first-order valence-corrected chi connectivity index (χ1v) is 11.6. The van der Waals surface area contributed by atoms with Crippen molar-refractivity contribution in [2.24, 2.45) is 5.73 Å². The van der Waals surface area contributed by atoms with E-state index < -0.39 is 0 Å². The molecule has 1 fully saturated rings. The average Bonchev–Trinajstić information content (AvgIpc) is 3.18. The van der Waals surface area contributed by atoms with Crippen molar-refractivity contribution in [2.75, 3.05) is 5.32 Å². The molecule has 1 aliphatic carbocycles. The van der Waals surface area contributed by atoms with Crippen LogP contribution in [0.15, 0.2) is 30.6 Å². The molecule has 4 N–H and O–H groups in total. The van der Waals surface area contributed by atoms with Crippen LogP contribution in [0.5, 0.6) is 0 Å². The quantitative estimate of drug-likeness (QED) is 0.466. The van der Waals surface area contributed by atoms with Gasteiger partial charge in [-0.2, -0.15) is 0 Å². The number of nitrogens with one attached hydrogen (secondary N) is 2. The molecule has 0 aliphatic heterocycles. The number of aromatic nitrogens is 3. The maximum atomic E-state index is 6.13. The topological polar surface area (TPSA) is 88.8 Å². The van der Waals surface area contributed by atoms with Gasteiger partial charge in [0.1, 0.15) is 5.65 Å². The van der Waals surface area contributed by atoms with Gasteiger partial charge in [0.15, 0.2) is 0 Å². The first kappa shape index (κ1) is 21.8. The van der Waals surface area contributed by atoms with Crippen LogP contribution >= 0.6 is 0 Å². The van der Waals surface area contributed by atoms with E-state index in [-0.39, 0.29) is 6.10 Å². The van der Waals surface area contributed by atoms with Crippen molar-refractivity contribution in [1.82, 2.24) is 15.0 Å². The number of hydrogen-bond donors (Lipinski definition) is 3. The second-order valence-corrected chi connectivity index (χ2v) is 9.02. The minimum atomic E-state index is 0.205. The molecule has 4 rings (SSSR count). The Morgan fingerprint density at radius 3 is 2.65 bits per heavy atom. The standard InChI is InChI=1S/C25H35N5O/c1-4-5-20-12-21-24(29-19-9-7-18(26)8-10-19)22(14-28-25(21)30-20)23-11-6-17(13-27-23)15-31-16(2)3/h6,11-14,16,18-19H,4-5,7-10,15,26H2,1-3H3,(H2,28,29,30). The van der Waals surface area contributed by atoms with Gasteiger partial charge in [0, 0.05) is 41.1 Å². The molecule has 0 atom stereocenters. The lowest BCUT2D eigenvalue weighted by Crippen LogP contribution is -2.33. The number of rotatable bonds is 8. The van der Waals surface area contributed by atoms with Gasteiger partial charge in [-0.15, -0.1) is 0 Å². The predicted octanol–water partition coefficient (Wildman–Crippen LogP) is 5.18. The van der Waals surface area contributed by atoms with E-state index in [1.54, 1.807) is 0 Å². The van der Waals surface area contributed by atoms with Crippen molar-refractivity contribution in [1.29, 1.82) is 0 Å². The molecule has 3 aromatic rings. The Hall–Kier alpha value is -2.44. The normalized spacial score (nSPS) is 19.3. The number of anilines is 1. The van der Waals surface area contributed by atoms with Crippen LogP contribution in [-0.2, 0) is 17.8 Å². The molecule has 0 unspecified atom stereocenters. The summed E-state index contributed by atoms with van der Waals surface area (Å²) in [5.41, 5.74) is 12.5. The summed E-state index contributed by atoms with van der Waals surface area (Å²) >= 11 is 0. The molecule has 0 radical (unpaired) electrons. The Kier molecular flexibility index (Phi) is 6.88. The van der Waals surface area contributed by atoms with E-state index in [2.05, 4.69) is 35.4 Å². The summed E-state index contributed by atoms with van der Waals surface area (Å²) < 4.78 is 5.71. The van der Waals surface area contributed by atoms with E-state index in [4.69, 9.17) is 20.4 Å². The van der Waals surface area contributed by atoms with Crippen LogP contribution in [0.4, 0.5) is 5.69 Å². The molecule has 166 valence electrons. The number of H-pyrrole nitrogens is 1. The summed E-state index contributed by atoms with van der Waals surface area (Å²) in [7, 11) is 0. The first-order chi connectivity index (χ1) is 15.0. The van der Waals surface area contributed by atoms with Crippen LogP contribution in [0.1, 0.15) is 64.1 Å². The highest BCUT2D eigenvalue weighted by Gasteiger charge is 2.22. The van der Waals surface area contributed by atoms with E-state index in [1.807, 2.05) is 26.2 Å². The lowest BCUT2D eigenvalue weighted by molar-refractivity contribution is 0.0655. The van der Waals surface area contributed by atoms with Crippen molar-refractivity contribution in [3.8, 4) is 11.3 Å². The smallest absolute Gasteiger partial charge is 0.139 e. The molecule has 0 spiro atoms. The Morgan fingerprint density at radius 1 is 1.16 bits per heavy atom. The fourth-order valence-corrected chi connectivity index (χ4v) is 4.28. The number of nitrogens with zero attached hydrogens (tertiary/aromatic N) is 2. The second-order valence-electron chi connectivity index (χ2n) is 9.02. The van der Waals surface area contributed by atoms with Gasteiger partial charge in [-0.1, -0.05) is 19.4 Å². The van der Waals surface area contributed by atoms with Gasteiger partial charge in [-0.25, -0.2) is 4.98 Å². The molecule has 1 saturated carbocycles. The Morgan fingerprint density at radius 2 is 1.97 bits per heavy atom. The average molecular weight is 422 g/mol. The highest BCUT2D eigenvalue weighted by atomic mass is 16.5. The third-order valence-electron chi connectivity index (χ3n) is 6.04. The molecule has 0 aromatic carbocycles. The van der Waals surface area contributed by atoms with E-state index in [1.165, 1.54) is 5.69 Å². The van der Waals surface area contributed by atoms with E-state index in [9.17, 15) is 0 Å². The number of aromatic amines is 1. The Labute approximate surface area is 185 Å². The molecule has 6 heteroatoms. The van der Waals surface area contributed by atoms with Gasteiger partial charge in [-0.05, 0) is 63.6 Å². The fourth-order valence-electron chi connectivity index (χ4n) is 4.28. The van der Waals surface area contributed by atoms with Crippen LogP contribution in [-0.4, -0.2) is 33.1 Å². The maximum absolute atomic E-state index is 6.13. The van der Waals surface area contributed by atoms with Crippen LogP contribution in [0.2, 0.25) is 0 Å². The Bertz CT molecular complexity index is 987. The monoisotopic (exact) mass is 421 g/mol. The van der Waals surface area contributed by atoms with Crippen LogP contribution < -0.4 is 11.1 Å². The van der Waals surface area contributed by atoms with Crippen LogP contribution in [0.25, 0.3) is 22.3 Å². The third-order valence-corrected chi connectivity index (χ3v) is 6.04. The highest BCUT2D eigenvalue weighted by molar-refractivity contribution is 5.98. The SMILES string of the molecule is CCCc1cc2c(NC3CCC(N)CC3)c(-c3ccc(COC(C)C)cn3)cnc2[nH]1.